The van der Waals surface area contributed by atoms with E-state index >= 15 is 0 Å². The molecule has 2 aliphatic rings. The zero-order valence-electron chi connectivity index (χ0n) is 11.3. The predicted molar refractivity (Wildman–Crippen MR) is 66.4 cm³/mol. The molecule has 0 spiro atoms. The maximum Gasteiger partial charge on any atom is 0.410 e. The van der Waals surface area contributed by atoms with E-state index in [9.17, 15) is 14.4 Å². The molecule has 2 fully saturated rings. The van der Waals surface area contributed by atoms with Gasteiger partial charge in [-0.2, -0.15) is 0 Å². The van der Waals surface area contributed by atoms with Gasteiger partial charge in [0.1, 0.15) is 12.6 Å². The van der Waals surface area contributed by atoms with Crippen LogP contribution in [-0.2, 0) is 14.3 Å². The number of likely N-dealkylation sites (tertiary alicyclic amines) is 1. The van der Waals surface area contributed by atoms with Gasteiger partial charge in [0, 0.05) is 27.2 Å². The lowest BCUT2D eigenvalue weighted by atomic mass is 10.2. The van der Waals surface area contributed by atoms with E-state index in [1.165, 1.54) is 9.80 Å². The van der Waals surface area contributed by atoms with E-state index in [-0.39, 0.29) is 18.4 Å². The molecule has 0 aromatic rings. The third-order valence-electron chi connectivity index (χ3n) is 3.64. The highest BCUT2D eigenvalue weighted by molar-refractivity contribution is 5.90. The summed E-state index contributed by atoms with van der Waals surface area (Å²) in [6, 6.07) is -0.404. The van der Waals surface area contributed by atoms with Crippen LogP contribution in [0.2, 0.25) is 0 Å². The van der Waals surface area contributed by atoms with Crippen molar-refractivity contribution in [2.24, 2.45) is 0 Å². The SMILES string of the molecule is CN1CCC(N(C)C(=O)CN2CCCOC2=O)C1=O. The second-order valence-electron chi connectivity index (χ2n) is 4.96. The zero-order chi connectivity index (χ0) is 14.0. The first-order chi connectivity index (χ1) is 9.00. The first-order valence-electron chi connectivity index (χ1n) is 6.43. The number of nitrogens with zero attached hydrogens (tertiary/aromatic N) is 3. The third kappa shape index (κ3) is 2.80. The van der Waals surface area contributed by atoms with Gasteiger partial charge in [-0.25, -0.2) is 4.79 Å². The van der Waals surface area contributed by atoms with Gasteiger partial charge in [0.05, 0.1) is 6.61 Å². The Morgan fingerprint density at radius 2 is 2.16 bits per heavy atom. The molecule has 0 N–H and O–H groups in total. The lowest BCUT2D eigenvalue weighted by molar-refractivity contribution is -0.140. The molecule has 1 atom stereocenters. The third-order valence-corrected chi connectivity index (χ3v) is 3.64. The highest BCUT2D eigenvalue weighted by Gasteiger charge is 2.35. The molecular weight excluding hydrogens is 250 g/mol. The molecule has 3 amide bonds. The van der Waals surface area contributed by atoms with Gasteiger partial charge in [0.15, 0.2) is 0 Å². The van der Waals surface area contributed by atoms with Gasteiger partial charge in [-0.15, -0.1) is 0 Å². The summed E-state index contributed by atoms with van der Waals surface area (Å²) >= 11 is 0. The molecule has 0 aromatic carbocycles. The Morgan fingerprint density at radius 3 is 2.74 bits per heavy atom. The lowest BCUT2D eigenvalue weighted by Gasteiger charge is -2.29. The predicted octanol–water partition coefficient (Wildman–Crippen LogP) is -0.482. The summed E-state index contributed by atoms with van der Waals surface area (Å²) in [5, 5.41) is 0. The van der Waals surface area contributed by atoms with Crippen LogP contribution in [0.25, 0.3) is 0 Å². The smallest absolute Gasteiger partial charge is 0.410 e. The summed E-state index contributed by atoms with van der Waals surface area (Å²) in [5.41, 5.74) is 0. The van der Waals surface area contributed by atoms with E-state index in [2.05, 4.69) is 0 Å². The number of cyclic esters (lactones) is 1. The van der Waals surface area contributed by atoms with E-state index < -0.39 is 12.1 Å². The van der Waals surface area contributed by atoms with E-state index in [1.807, 2.05) is 0 Å². The summed E-state index contributed by atoms with van der Waals surface area (Å²) < 4.78 is 4.88. The Balaban J connectivity index is 1.92. The minimum absolute atomic E-state index is 0.0250. The van der Waals surface area contributed by atoms with Crippen molar-refractivity contribution in [1.82, 2.24) is 14.7 Å². The van der Waals surface area contributed by atoms with E-state index in [4.69, 9.17) is 4.74 Å². The van der Waals surface area contributed by atoms with Gasteiger partial charge in [0.2, 0.25) is 11.8 Å². The largest absolute Gasteiger partial charge is 0.449 e. The van der Waals surface area contributed by atoms with Crippen molar-refractivity contribution in [3.63, 3.8) is 0 Å². The van der Waals surface area contributed by atoms with Gasteiger partial charge in [-0.3, -0.25) is 14.5 Å². The topological polar surface area (TPSA) is 70.2 Å². The van der Waals surface area contributed by atoms with Gasteiger partial charge >= 0.3 is 6.09 Å². The van der Waals surface area contributed by atoms with Crippen LogP contribution >= 0.6 is 0 Å². The minimum Gasteiger partial charge on any atom is -0.449 e. The highest BCUT2D eigenvalue weighted by atomic mass is 16.6. The van der Waals surface area contributed by atoms with Crippen LogP contribution in [0.1, 0.15) is 12.8 Å². The molecule has 0 aromatic heterocycles. The standard InChI is InChI=1S/C12H19N3O4/c1-13-6-4-9(11(13)17)14(2)10(16)8-15-5-3-7-19-12(15)18/h9H,3-8H2,1-2H3. The average molecular weight is 269 g/mol. The summed E-state index contributed by atoms with van der Waals surface area (Å²) in [6.45, 7) is 1.57. The Kier molecular flexibility index (Phi) is 3.92. The Labute approximate surface area is 112 Å². The summed E-state index contributed by atoms with van der Waals surface area (Å²) in [5.74, 6) is -0.274. The summed E-state index contributed by atoms with van der Waals surface area (Å²) in [7, 11) is 3.34. The Bertz CT molecular complexity index is 398. The lowest BCUT2D eigenvalue weighted by Crippen LogP contribution is -2.49. The van der Waals surface area contributed by atoms with Crippen LogP contribution < -0.4 is 0 Å². The molecule has 0 radical (unpaired) electrons. The molecule has 2 heterocycles. The maximum absolute atomic E-state index is 12.1. The minimum atomic E-state index is -0.456. The molecule has 1 unspecified atom stereocenters. The zero-order valence-corrected chi connectivity index (χ0v) is 11.3. The number of hydrogen-bond donors (Lipinski definition) is 0. The maximum atomic E-state index is 12.1. The number of carbonyl (C=O) groups is 3. The van der Waals surface area contributed by atoms with E-state index in [0.29, 0.717) is 26.1 Å². The van der Waals surface area contributed by atoms with E-state index in [0.717, 1.165) is 6.42 Å². The fraction of sp³-hybridized carbons (Fsp3) is 0.750. The number of likely N-dealkylation sites (N-methyl/N-ethyl adjacent to an activating group) is 2. The molecule has 0 saturated carbocycles. The monoisotopic (exact) mass is 269 g/mol. The molecule has 0 aliphatic carbocycles. The van der Waals surface area contributed by atoms with Crippen molar-refractivity contribution in [2.75, 3.05) is 40.3 Å². The van der Waals surface area contributed by atoms with Crippen LogP contribution in [0.4, 0.5) is 4.79 Å². The molecule has 7 nitrogen and oxygen atoms in total. The van der Waals surface area contributed by atoms with Crippen molar-refractivity contribution in [3.05, 3.63) is 0 Å². The van der Waals surface area contributed by atoms with Crippen LogP contribution in [0, 0.1) is 0 Å². The summed E-state index contributed by atoms with van der Waals surface area (Å²) in [6.07, 6.45) is 0.915. The second kappa shape index (κ2) is 5.46. The number of rotatable bonds is 3. The van der Waals surface area contributed by atoms with Crippen LogP contribution in [-0.4, -0.2) is 79.0 Å². The van der Waals surface area contributed by atoms with Crippen molar-refractivity contribution >= 4 is 17.9 Å². The van der Waals surface area contributed by atoms with Gasteiger partial charge < -0.3 is 14.5 Å². The average Bonchev–Trinajstić information content (AvgIpc) is 2.72. The Morgan fingerprint density at radius 1 is 1.42 bits per heavy atom. The van der Waals surface area contributed by atoms with Crippen molar-refractivity contribution in [1.29, 1.82) is 0 Å². The van der Waals surface area contributed by atoms with Crippen molar-refractivity contribution in [3.8, 4) is 0 Å². The number of ether oxygens (including phenoxy) is 1. The van der Waals surface area contributed by atoms with Gasteiger partial charge in [-0.1, -0.05) is 0 Å². The highest BCUT2D eigenvalue weighted by Crippen LogP contribution is 2.15. The fourth-order valence-corrected chi connectivity index (χ4v) is 2.35. The first-order valence-corrected chi connectivity index (χ1v) is 6.43. The molecular formula is C12H19N3O4. The fourth-order valence-electron chi connectivity index (χ4n) is 2.35. The quantitative estimate of drug-likeness (QED) is 0.693. The normalized spacial score (nSPS) is 23.6. The number of hydrogen-bond acceptors (Lipinski definition) is 4. The Hall–Kier alpha value is -1.79. The second-order valence-corrected chi connectivity index (χ2v) is 4.96. The molecule has 2 aliphatic heterocycles. The number of amides is 3. The summed E-state index contributed by atoms with van der Waals surface area (Å²) in [4.78, 5) is 39.8. The molecule has 7 heteroatoms. The molecule has 0 bridgehead atoms. The van der Waals surface area contributed by atoms with Crippen LogP contribution in [0.15, 0.2) is 0 Å². The van der Waals surface area contributed by atoms with Crippen molar-refractivity contribution < 1.29 is 19.1 Å². The number of carbonyl (C=O) groups excluding carboxylic acids is 3. The molecule has 19 heavy (non-hydrogen) atoms. The van der Waals surface area contributed by atoms with E-state index in [1.54, 1.807) is 19.0 Å². The van der Waals surface area contributed by atoms with Crippen molar-refractivity contribution in [2.45, 2.75) is 18.9 Å². The van der Waals surface area contributed by atoms with Gasteiger partial charge in [0.25, 0.3) is 0 Å². The molecule has 2 saturated heterocycles. The molecule has 106 valence electrons. The van der Waals surface area contributed by atoms with Gasteiger partial charge in [-0.05, 0) is 12.8 Å². The van der Waals surface area contributed by atoms with Crippen LogP contribution in [0.3, 0.4) is 0 Å². The first kappa shape index (κ1) is 13.6. The molecule has 2 rings (SSSR count). The van der Waals surface area contributed by atoms with Crippen LogP contribution in [0.5, 0.6) is 0 Å².